The lowest BCUT2D eigenvalue weighted by Gasteiger charge is -2.13. The number of nitrogens with zero attached hydrogens (tertiary/aromatic N) is 4. The molecular weight excluding hydrogens is 418 g/mol. The number of nitrogens with one attached hydrogen (secondary N) is 1. The van der Waals surface area contributed by atoms with Crippen molar-refractivity contribution in [2.45, 2.75) is 23.9 Å². The van der Waals surface area contributed by atoms with Gasteiger partial charge in [-0.15, -0.1) is 10.2 Å². The van der Waals surface area contributed by atoms with Gasteiger partial charge in [-0.2, -0.15) is 0 Å². The summed E-state index contributed by atoms with van der Waals surface area (Å²) in [5.41, 5.74) is 3.68. The molecule has 0 aliphatic heterocycles. The number of hydrogen-bond donors (Lipinski definition) is 1. The third kappa shape index (κ3) is 3.94. The summed E-state index contributed by atoms with van der Waals surface area (Å²) in [6.45, 7) is 2.52. The maximum Gasteiger partial charge on any atom is 0.192 e. The van der Waals surface area contributed by atoms with Gasteiger partial charge in [-0.3, -0.25) is 14.3 Å². The minimum Gasteiger partial charge on any atom is -0.360 e. The van der Waals surface area contributed by atoms with Gasteiger partial charge in [0.2, 0.25) is 0 Å². The minimum absolute atomic E-state index is 0.0599. The summed E-state index contributed by atoms with van der Waals surface area (Å²) in [6.07, 6.45) is 5.30. The standard InChI is InChI=1S/C25H21N5OS/c1-17(23(31)21-15-27-22-12-6-5-11-20(21)22)32-25-29-28-24(19-10-7-13-26-14-19)30(25)16-18-8-3-2-4-9-18/h2-15,17,27H,16H2,1H3. The molecule has 1 N–H and O–H groups in total. The summed E-state index contributed by atoms with van der Waals surface area (Å²) in [4.78, 5) is 20.7. The van der Waals surface area contributed by atoms with E-state index in [0.29, 0.717) is 17.3 Å². The van der Waals surface area contributed by atoms with Crippen LogP contribution in [-0.2, 0) is 6.54 Å². The third-order valence-corrected chi connectivity index (χ3v) is 6.41. The van der Waals surface area contributed by atoms with E-state index in [0.717, 1.165) is 27.9 Å². The lowest BCUT2D eigenvalue weighted by atomic mass is 10.1. The number of carbonyl (C=O) groups excluding carboxylic acids is 1. The van der Waals surface area contributed by atoms with Crippen LogP contribution in [-0.4, -0.2) is 35.8 Å². The molecule has 7 heteroatoms. The van der Waals surface area contributed by atoms with Gasteiger partial charge in [-0.1, -0.05) is 60.3 Å². The number of para-hydroxylation sites is 1. The van der Waals surface area contributed by atoms with Gasteiger partial charge in [-0.25, -0.2) is 0 Å². The number of aromatic nitrogens is 5. The van der Waals surface area contributed by atoms with Gasteiger partial charge in [0.15, 0.2) is 16.8 Å². The van der Waals surface area contributed by atoms with Gasteiger partial charge in [0.05, 0.1) is 11.8 Å². The zero-order chi connectivity index (χ0) is 21.9. The first-order valence-corrected chi connectivity index (χ1v) is 11.2. The Labute approximate surface area is 189 Å². The van der Waals surface area contributed by atoms with Crippen LogP contribution in [0.15, 0.2) is 90.5 Å². The summed E-state index contributed by atoms with van der Waals surface area (Å²) in [5.74, 6) is 0.792. The summed E-state index contributed by atoms with van der Waals surface area (Å²) < 4.78 is 2.05. The van der Waals surface area contributed by atoms with Gasteiger partial charge in [0, 0.05) is 40.6 Å². The second-order valence-electron chi connectivity index (χ2n) is 7.49. The van der Waals surface area contributed by atoms with Gasteiger partial charge in [0.1, 0.15) is 0 Å². The molecule has 32 heavy (non-hydrogen) atoms. The molecule has 5 rings (SSSR count). The molecule has 158 valence electrons. The normalized spacial score (nSPS) is 12.2. The number of Topliss-reactive ketones (excluding diaryl/α,β-unsaturated/α-hetero) is 1. The fourth-order valence-corrected chi connectivity index (χ4v) is 4.62. The molecule has 0 fully saturated rings. The van der Waals surface area contributed by atoms with Crippen molar-refractivity contribution in [1.29, 1.82) is 0 Å². The number of benzene rings is 2. The first kappa shape index (κ1) is 20.2. The van der Waals surface area contributed by atoms with Crippen LogP contribution in [0.3, 0.4) is 0 Å². The fraction of sp³-hybridized carbons (Fsp3) is 0.120. The molecule has 3 aromatic heterocycles. The summed E-state index contributed by atoms with van der Waals surface area (Å²) in [6, 6.07) is 21.9. The van der Waals surface area contributed by atoms with E-state index in [2.05, 4.69) is 36.9 Å². The van der Waals surface area contributed by atoms with Crippen molar-refractivity contribution in [3.63, 3.8) is 0 Å². The smallest absolute Gasteiger partial charge is 0.192 e. The highest BCUT2D eigenvalue weighted by molar-refractivity contribution is 8.00. The van der Waals surface area contributed by atoms with Crippen molar-refractivity contribution in [3.05, 3.63) is 96.4 Å². The van der Waals surface area contributed by atoms with Crippen molar-refractivity contribution in [1.82, 2.24) is 24.7 Å². The Kier molecular flexibility index (Phi) is 5.56. The van der Waals surface area contributed by atoms with E-state index in [1.165, 1.54) is 11.8 Å². The molecule has 5 aromatic rings. The van der Waals surface area contributed by atoms with E-state index in [1.54, 1.807) is 18.6 Å². The van der Waals surface area contributed by atoms with Crippen LogP contribution in [0.25, 0.3) is 22.3 Å². The van der Waals surface area contributed by atoms with E-state index in [9.17, 15) is 4.79 Å². The molecule has 0 bridgehead atoms. The van der Waals surface area contributed by atoms with Gasteiger partial charge >= 0.3 is 0 Å². The number of fused-ring (bicyclic) bond motifs is 1. The summed E-state index contributed by atoms with van der Waals surface area (Å²) in [7, 11) is 0. The molecule has 0 saturated carbocycles. The Morgan fingerprint density at radius 1 is 1.03 bits per heavy atom. The number of thioether (sulfide) groups is 1. The molecule has 0 saturated heterocycles. The van der Waals surface area contributed by atoms with Crippen molar-refractivity contribution in [2.24, 2.45) is 0 Å². The molecule has 0 amide bonds. The average molecular weight is 440 g/mol. The Hall–Kier alpha value is -3.71. The molecule has 6 nitrogen and oxygen atoms in total. The topological polar surface area (TPSA) is 76.5 Å². The molecule has 0 aliphatic carbocycles. The SMILES string of the molecule is CC(Sc1nnc(-c2cccnc2)n1Cc1ccccc1)C(=O)c1c[nH]c2ccccc12. The van der Waals surface area contributed by atoms with Crippen LogP contribution >= 0.6 is 11.8 Å². The van der Waals surface area contributed by atoms with E-state index in [4.69, 9.17) is 0 Å². The van der Waals surface area contributed by atoms with E-state index < -0.39 is 0 Å². The molecule has 1 unspecified atom stereocenters. The molecule has 3 heterocycles. The minimum atomic E-state index is -0.324. The predicted octanol–water partition coefficient (Wildman–Crippen LogP) is 5.23. The van der Waals surface area contributed by atoms with Crippen molar-refractivity contribution < 1.29 is 4.79 Å². The van der Waals surface area contributed by atoms with E-state index in [-0.39, 0.29) is 11.0 Å². The van der Waals surface area contributed by atoms with Crippen molar-refractivity contribution >= 4 is 28.4 Å². The second kappa shape index (κ2) is 8.80. The van der Waals surface area contributed by atoms with Gasteiger partial charge in [-0.05, 0) is 30.7 Å². The quantitative estimate of drug-likeness (QED) is 0.277. The maximum atomic E-state index is 13.3. The average Bonchev–Trinajstić information content (AvgIpc) is 3.44. The molecular formula is C25H21N5OS. The Bertz CT molecular complexity index is 1360. The highest BCUT2D eigenvalue weighted by Gasteiger charge is 2.24. The maximum absolute atomic E-state index is 13.3. The van der Waals surface area contributed by atoms with Crippen LogP contribution < -0.4 is 0 Å². The number of aromatic amines is 1. The lowest BCUT2D eigenvalue weighted by molar-refractivity contribution is 0.0995. The van der Waals surface area contributed by atoms with E-state index in [1.807, 2.05) is 61.5 Å². The largest absolute Gasteiger partial charge is 0.360 e. The van der Waals surface area contributed by atoms with Crippen LogP contribution in [0, 0.1) is 0 Å². The Balaban J connectivity index is 1.47. The molecule has 0 spiro atoms. The Morgan fingerprint density at radius 3 is 2.66 bits per heavy atom. The number of rotatable bonds is 7. The first-order valence-electron chi connectivity index (χ1n) is 10.3. The number of ketones is 1. The number of hydrogen-bond acceptors (Lipinski definition) is 5. The van der Waals surface area contributed by atoms with Gasteiger partial charge in [0.25, 0.3) is 0 Å². The van der Waals surface area contributed by atoms with Crippen LogP contribution in [0.4, 0.5) is 0 Å². The Morgan fingerprint density at radius 2 is 1.84 bits per heavy atom. The van der Waals surface area contributed by atoms with Crippen LogP contribution in [0.5, 0.6) is 0 Å². The predicted molar refractivity (Wildman–Crippen MR) is 127 cm³/mol. The summed E-state index contributed by atoms with van der Waals surface area (Å²) >= 11 is 1.43. The van der Waals surface area contributed by atoms with E-state index >= 15 is 0 Å². The zero-order valence-electron chi connectivity index (χ0n) is 17.5. The molecule has 0 radical (unpaired) electrons. The monoisotopic (exact) mass is 439 g/mol. The molecule has 2 aromatic carbocycles. The van der Waals surface area contributed by atoms with Crippen LogP contribution in [0.2, 0.25) is 0 Å². The highest BCUT2D eigenvalue weighted by Crippen LogP contribution is 2.30. The summed E-state index contributed by atoms with van der Waals surface area (Å²) in [5, 5.41) is 10.2. The number of pyridine rings is 1. The molecule has 0 aliphatic rings. The molecule has 1 atom stereocenters. The van der Waals surface area contributed by atoms with Crippen molar-refractivity contribution in [2.75, 3.05) is 0 Å². The number of H-pyrrole nitrogens is 1. The van der Waals surface area contributed by atoms with Gasteiger partial charge < -0.3 is 4.98 Å². The fourth-order valence-electron chi connectivity index (χ4n) is 3.70. The third-order valence-electron chi connectivity index (χ3n) is 5.33. The lowest BCUT2D eigenvalue weighted by Crippen LogP contribution is -2.15. The van der Waals surface area contributed by atoms with Crippen LogP contribution in [0.1, 0.15) is 22.8 Å². The first-order chi connectivity index (χ1) is 15.7. The second-order valence-corrected chi connectivity index (χ2v) is 8.80. The zero-order valence-corrected chi connectivity index (χ0v) is 18.3. The highest BCUT2D eigenvalue weighted by atomic mass is 32.2. The number of carbonyl (C=O) groups is 1. The van der Waals surface area contributed by atoms with Crippen molar-refractivity contribution in [3.8, 4) is 11.4 Å².